The van der Waals surface area contributed by atoms with Gasteiger partial charge in [-0.15, -0.1) is 11.3 Å². The summed E-state index contributed by atoms with van der Waals surface area (Å²) in [5.74, 6) is -0.979. The van der Waals surface area contributed by atoms with E-state index in [1.165, 1.54) is 16.9 Å². The lowest BCUT2D eigenvalue weighted by Crippen LogP contribution is -1.99. The number of carboxylic acid groups (broad SMARTS) is 1. The first-order valence-corrected chi connectivity index (χ1v) is 5.42. The molecule has 0 unspecified atom stereocenters. The Bertz CT molecular complexity index is 524. The molecule has 2 rings (SSSR count). The summed E-state index contributed by atoms with van der Waals surface area (Å²) in [7, 11) is 0. The van der Waals surface area contributed by atoms with E-state index in [1.54, 1.807) is 5.38 Å². The molecule has 0 aromatic carbocycles. The minimum absolute atomic E-state index is 0.0845. The van der Waals surface area contributed by atoms with E-state index >= 15 is 0 Å². The van der Waals surface area contributed by atoms with Crippen LogP contribution in [-0.4, -0.2) is 25.8 Å². The lowest BCUT2D eigenvalue weighted by molar-refractivity contribution is -0.385. The molecule has 8 heteroatoms. The van der Waals surface area contributed by atoms with Crippen LogP contribution >= 0.6 is 11.3 Å². The van der Waals surface area contributed by atoms with Gasteiger partial charge < -0.3 is 5.11 Å². The van der Waals surface area contributed by atoms with Crippen molar-refractivity contribution < 1.29 is 14.8 Å². The number of aromatic nitrogens is 2. The van der Waals surface area contributed by atoms with Crippen molar-refractivity contribution in [3.05, 3.63) is 44.4 Å². The van der Waals surface area contributed by atoms with E-state index in [-0.39, 0.29) is 10.6 Å². The van der Waals surface area contributed by atoms with Crippen molar-refractivity contribution in [3.8, 4) is 0 Å². The van der Waals surface area contributed by atoms with Crippen molar-refractivity contribution in [1.82, 2.24) is 9.78 Å². The highest BCUT2D eigenvalue weighted by Gasteiger charge is 2.11. The van der Waals surface area contributed by atoms with Crippen molar-refractivity contribution >= 4 is 23.0 Å². The fraction of sp³-hybridized carbons (Fsp3) is 0.111. The number of hydrogen-bond acceptors (Lipinski definition) is 5. The summed E-state index contributed by atoms with van der Waals surface area (Å²) in [5.41, 5.74) is 0.670. The minimum atomic E-state index is -0.979. The maximum Gasteiger partial charge on any atom is 0.345 e. The molecule has 2 aromatic heterocycles. The van der Waals surface area contributed by atoms with Gasteiger partial charge in [0, 0.05) is 0 Å². The van der Waals surface area contributed by atoms with Gasteiger partial charge in [0.05, 0.1) is 11.5 Å². The predicted molar refractivity (Wildman–Crippen MR) is 59.3 cm³/mol. The zero-order valence-corrected chi connectivity index (χ0v) is 9.25. The Labute approximate surface area is 99.1 Å². The number of carboxylic acids is 1. The summed E-state index contributed by atoms with van der Waals surface area (Å²) in [6.45, 7) is 0.317. The molecule has 0 aliphatic rings. The Morgan fingerprint density at radius 1 is 1.65 bits per heavy atom. The number of carbonyl (C=O) groups is 1. The van der Waals surface area contributed by atoms with E-state index < -0.39 is 10.9 Å². The minimum Gasteiger partial charge on any atom is -0.477 e. The molecule has 0 aliphatic heterocycles. The summed E-state index contributed by atoms with van der Waals surface area (Å²) < 4.78 is 1.39. The Kier molecular flexibility index (Phi) is 2.88. The smallest absolute Gasteiger partial charge is 0.345 e. The SMILES string of the molecule is O=C(O)c1cc(Cn2cc([N+](=O)[O-])cn2)cs1. The van der Waals surface area contributed by atoms with Crippen LogP contribution in [0, 0.1) is 10.1 Å². The molecule has 0 fully saturated rings. The van der Waals surface area contributed by atoms with Crippen molar-refractivity contribution in [2.45, 2.75) is 6.54 Å². The second kappa shape index (κ2) is 4.34. The quantitative estimate of drug-likeness (QED) is 0.659. The molecular formula is C9H7N3O4S. The van der Waals surface area contributed by atoms with Crippen LogP contribution in [0.25, 0.3) is 0 Å². The van der Waals surface area contributed by atoms with Crippen LogP contribution in [0.3, 0.4) is 0 Å². The number of hydrogen-bond donors (Lipinski definition) is 1. The van der Waals surface area contributed by atoms with E-state index in [1.807, 2.05) is 0 Å². The van der Waals surface area contributed by atoms with Crippen LogP contribution in [0.5, 0.6) is 0 Å². The van der Waals surface area contributed by atoms with Gasteiger partial charge in [0.2, 0.25) is 0 Å². The Hall–Kier alpha value is -2.22. The summed E-state index contributed by atoms with van der Waals surface area (Å²) in [6.07, 6.45) is 2.46. The van der Waals surface area contributed by atoms with E-state index in [0.29, 0.717) is 6.54 Å². The van der Waals surface area contributed by atoms with Gasteiger partial charge >= 0.3 is 11.7 Å². The summed E-state index contributed by atoms with van der Waals surface area (Å²) in [6, 6.07) is 1.53. The van der Waals surface area contributed by atoms with E-state index in [9.17, 15) is 14.9 Å². The number of rotatable bonds is 4. The first kappa shape index (κ1) is 11.3. The number of nitro groups is 1. The first-order chi connectivity index (χ1) is 8.06. The highest BCUT2D eigenvalue weighted by molar-refractivity contribution is 7.12. The molecule has 0 aliphatic carbocycles. The highest BCUT2D eigenvalue weighted by Crippen LogP contribution is 2.16. The molecule has 7 nitrogen and oxygen atoms in total. The van der Waals surface area contributed by atoms with Crippen LogP contribution < -0.4 is 0 Å². The van der Waals surface area contributed by atoms with Crippen LogP contribution in [-0.2, 0) is 6.54 Å². The fourth-order valence-corrected chi connectivity index (χ4v) is 2.03. The molecule has 0 spiro atoms. The molecule has 88 valence electrons. The average Bonchev–Trinajstić information content (AvgIpc) is 2.87. The molecule has 17 heavy (non-hydrogen) atoms. The van der Waals surface area contributed by atoms with Crippen molar-refractivity contribution in [2.24, 2.45) is 0 Å². The summed E-state index contributed by atoms with van der Waals surface area (Å²) in [5, 5.41) is 24.7. The van der Waals surface area contributed by atoms with Crippen molar-refractivity contribution in [1.29, 1.82) is 0 Å². The van der Waals surface area contributed by atoms with Gasteiger partial charge in [0.25, 0.3) is 0 Å². The molecule has 2 heterocycles. The Morgan fingerprint density at radius 2 is 2.41 bits per heavy atom. The molecule has 2 aromatic rings. The lowest BCUT2D eigenvalue weighted by Gasteiger charge is -1.95. The van der Waals surface area contributed by atoms with Gasteiger partial charge in [-0.3, -0.25) is 14.8 Å². The molecule has 0 atom stereocenters. The third-order valence-electron chi connectivity index (χ3n) is 2.04. The van der Waals surface area contributed by atoms with Crippen molar-refractivity contribution in [3.63, 3.8) is 0 Å². The molecule has 0 saturated heterocycles. The zero-order chi connectivity index (χ0) is 12.4. The summed E-state index contributed by atoms with van der Waals surface area (Å²) >= 11 is 1.12. The van der Waals surface area contributed by atoms with Gasteiger partial charge in [0.15, 0.2) is 0 Å². The topological polar surface area (TPSA) is 98.3 Å². The lowest BCUT2D eigenvalue weighted by atomic mass is 10.3. The van der Waals surface area contributed by atoms with Gasteiger partial charge in [-0.2, -0.15) is 5.10 Å². The van der Waals surface area contributed by atoms with E-state index in [4.69, 9.17) is 5.11 Å². The maximum absolute atomic E-state index is 10.7. The fourth-order valence-electron chi connectivity index (χ4n) is 1.29. The van der Waals surface area contributed by atoms with Gasteiger partial charge in [-0.25, -0.2) is 4.79 Å². The molecule has 0 bridgehead atoms. The van der Waals surface area contributed by atoms with E-state index in [0.717, 1.165) is 23.1 Å². The Morgan fingerprint density at radius 3 is 2.94 bits per heavy atom. The average molecular weight is 253 g/mol. The third-order valence-corrected chi connectivity index (χ3v) is 3.01. The van der Waals surface area contributed by atoms with Crippen LogP contribution in [0.1, 0.15) is 15.2 Å². The van der Waals surface area contributed by atoms with Gasteiger partial charge in [-0.05, 0) is 17.0 Å². The molecule has 0 radical (unpaired) electrons. The maximum atomic E-state index is 10.7. The number of thiophene rings is 1. The van der Waals surface area contributed by atoms with Gasteiger partial charge in [0.1, 0.15) is 17.3 Å². The monoisotopic (exact) mass is 253 g/mol. The summed E-state index contributed by atoms with van der Waals surface area (Å²) in [4.78, 5) is 20.8. The Balaban J connectivity index is 2.13. The molecule has 0 saturated carbocycles. The van der Waals surface area contributed by atoms with Gasteiger partial charge in [-0.1, -0.05) is 0 Å². The zero-order valence-electron chi connectivity index (χ0n) is 8.44. The normalized spacial score (nSPS) is 10.4. The number of nitrogens with zero attached hydrogens (tertiary/aromatic N) is 3. The second-order valence-electron chi connectivity index (χ2n) is 3.28. The molecular weight excluding hydrogens is 246 g/mol. The molecule has 1 N–H and O–H groups in total. The van der Waals surface area contributed by atoms with Crippen LogP contribution in [0.2, 0.25) is 0 Å². The first-order valence-electron chi connectivity index (χ1n) is 4.54. The van der Waals surface area contributed by atoms with Crippen LogP contribution in [0.4, 0.5) is 5.69 Å². The predicted octanol–water partition coefficient (Wildman–Crippen LogP) is 1.60. The van der Waals surface area contributed by atoms with E-state index in [2.05, 4.69) is 5.10 Å². The second-order valence-corrected chi connectivity index (χ2v) is 4.19. The van der Waals surface area contributed by atoms with Crippen molar-refractivity contribution in [2.75, 3.05) is 0 Å². The third kappa shape index (κ3) is 2.48. The van der Waals surface area contributed by atoms with Crippen LogP contribution in [0.15, 0.2) is 23.8 Å². The highest BCUT2D eigenvalue weighted by atomic mass is 32.1. The molecule has 0 amide bonds. The largest absolute Gasteiger partial charge is 0.477 e. The number of aromatic carboxylic acids is 1. The standard InChI is InChI=1S/C9H7N3O4S/c13-9(14)8-1-6(5-17-8)3-11-4-7(2-10-11)12(15)16/h1-2,4-5H,3H2,(H,13,14).